The Labute approximate surface area is 61.4 Å². The molecular formula is C6H4NO2S. The lowest BCUT2D eigenvalue weighted by molar-refractivity contribution is 0.442. The molecule has 0 amide bonds. The van der Waals surface area contributed by atoms with Crippen molar-refractivity contribution in [3.05, 3.63) is 30.1 Å². The van der Waals surface area contributed by atoms with E-state index in [-0.39, 0.29) is 11.3 Å². The molecule has 1 rings (SSSR count). The molecule has 0 saturated carbocycles. The summed E-state index contributed by atoms with van der Waals surface area (Å²) < 4.78 is 9.98. The lowest BCUT2D eigenvalue weighted by atomic mass is 10.3. The third kappa shape index (κ3) is 1.49. The zero-order valence-electron chi connectivity index (χ0n) is 4.98. The van der Waals surface area contributed by atoms with Gasteiger partial charge in [0.05, 0.1) is 0 Å². The average Bonchev–Trinajstić information content (AvgIpc) is 2.05. The molecule has 1 aromatic heterocycles. The number of aromatic nitrogens is 1. The van der Waals surface area contributed by atoms with Crippen molar-refractivity contribution in [1.82, 2.24) is 4.98 Å². The van der Waals surface area contributed by atoms with Gasteiger partial charge < -0.3 is 0 Å². The molecule has 0 aliphatic rings. The van der Waals surface area contributed by atoms with E-state index in [0.29, 0.717) is 5.56 Å². The zero-order valence-corrected chi connectivity index (χ0v) is 5.80. The van der Waals surface area contributed by atoms with Crippen LogP contribution in [0.4, 0.5) is 0 Å². The van der Waals surface area contributed by atoms with Crippen molar-refractivity contribution in [1.29, 1.82) is 0 Å². The highest BCUT2D eigenvalue weighted by atomic mass is 32.1. The molecule has 0 saturated heterocycles. The van der Waals surface area contributed by atoms with Crippen molar-refractivity contribution in [2.24, 2.45) is 0 Å². The van der Waals surface area contributed by atoms with Gasteiger partial charge in [-0.1, -0.05) is 0 Å². The smallest absolute Gasteiger partial charge is 0.213 e. The Balaban J connectivity index is 3.08. The molecule has 0 aliphatic heterocycles. The van der Waals surface area contributed by atoms with Gasteiger partial charge in [0.25, 0.3) is 0 Å². The van der Waals surface area contributed by atoms with Crippen LogP contribution < -0.4 is 0 Å². The molecule has 0 N–H and O–H groups in total. The van der Waals surface area contributed by atoms with E-state index in [9.17, 15) is 9.32 Å². The minimum absolute atomic E-state index is 0.0388. The predicted octanol–water partition coefficient (Wildman–Crippen LogP) is 0.203. The molecule has 51 valence electrons. The lowest BCUT2D eigenvalue weighted by Crippen LogP contribution is -1.94. The molecule has 1 heterocycles. The van der Waals surface area contributed by atoms with Gasteiger partial charge in [0.1, 0.15) is 11.3 Å². The molecule has 3 nitrogen and oxygen atoms in total. The van der Waals surface area contributed by atoms with Gasteiger partial charge in [0.15, 0.2) is 0 Å². The summed E-state index contributed by atoms with van der Waals surface area (Å²) in [4.78, 5) is 3.70. The first-order chi connectivity index (χ1) is 4.84. The van der Waals surface area contributed by atoms with Crippen LogP contribution in [0.5, 0.6) is 0 Å². The van der Waals surface area contributed by atoms with Crippen LogP contribution in [0.15, 0.2) is 24.5 Å². The summed E-state index contributed by atoms with van der Waals surface area (Å²) in [5.41, 5.74) is 0.398. The third-order valence-corrected chi connectivity index (χ3v) is 1.38. The van der Waals surface area contributed by atoms with E-state index in [2.05, 4.69) is 4.98 Å². The Morgan fingerprint density at radius 2 is 2.00 bits per heavy atom. The van der Waals surface area contributed by atoms with Gasteiger partial charge in [-0.3, -0.25) is 4.98 Å². The van der Waals surface area contributed by atoms with Crippen molar-refractivity contribution in [2.45, 2.75) is 0 Å². The van der Waals surface area contributed by atoms with Crippen molar-refractivity contribution in [2.75, 3.05) is 0 Å². The van der Waals surface area contributed by atoms with Crippen LogP contribution in [-0.4, -0.2) is 14.2 Å². The Morgan fingerprint density at radius 1 is 1.40 bits per heavy atom. The summed E-state index contributed by atoms with van der Waals surface area (Å²) in [5, 5.41) is 10.2. The molecule has 0 aliphatic carbocycles. The van der Waals surface area contributed by atoms with E-state index in [4.69, 9.17) is 0 Å². The summed E-state index contributed by atoms with van der Waals surface area (Å²) in [6.07, 6.45) is 2.95. The molecule has 4 heteroatoms. The fourth-order valence-electron chi connectivity index (χ4n) is 0.536. The van der Waals surface area contributed by atoms with Crippen LogP contribution in [0.2, 0.25) is 0 Å². The molecule has 10 heavy (non-hydrogen) atoms. The molecule has 0 spiro atoms. The Morgan fingerprint density at radius 3 is 2.50 bits per heavy atom. The average molecular weight is 154 g/mol. The van der Waals surface area contributed by atoms with Crippen LogP contribution in [0, 0.1) is 0 Å². The van der Waals surface area contributed by atoms with Crippen LogP contribution >= 0.6 is 0 Å². The summed E-state index contributed by atoms with van der Waals surface area (Å²) in [7, 11) is 0. The highest BCUT2D eigenvalue weighted by molar-refractivity contribution is 7.66. The quantitative estimate of drug-likeness (QED) is 0.542. The molecule has 0 atom stereocenters. The molecule has 0 unspecified atom stereocenters. The minimum atomic E-state index is -0.470. The SMILES string of the molecule is [O]C(=S=O)c1ccncc1. The Hall–Kier alpha value is -1.00. The lowest BCUT2D eigenvalue weighted by Gasteiger charge is -1.88. The standard InChI is InChI=1S/C6H4NO2S/c8-6(10-9)5-1-3-7-4-2-5/h1-4H. The zero-order chi connectivity index (χ0) is 7.40. The largest absolute Gasteiger partial charge is 0.265 e. The topological polar surface area (TPSA) is 49.9 Å². The van der Waals surface area contributed by atoms with E-state index < -0.39 is 5.05 Å². The highest BCUT2D eigenvalue weighted by Gasteiger charge is 1.96. The molecule has 1 radical (unpaired) electrons. The van der Waals surface area contributed by atoms with Gasteiger partial charge in [0.2, 0.25) is 5.05 Å². The van der Waals surface area contributed by atoms with Gasteiger partial charge >= 0.3 is 0 Å². The van der Waals surface area contributed by atoms with Gasteiger partial charge in [-0.05, 0) is 12.1 Å². The number of nitrogens with zero attached hydrogens (tertiary/aromatic N) is 1. The molecule has 0 fully saturated rings. The van der Waals surface area contributed by atoms with Crippen LogP contribution in [-0.2, 0) is 16.4 Å². The first kappa shape index (κ1) is 7.11. The fourth-order valence-corrected chi connectivity index (χ4v) is 0.768. The van der Waals surface area contributed by atoms with Gasteiger partial charge in [0, 0.05) is 18.0 Å². The maximum absolute atomic E-state index is 10.6. The minimum Gasteiger partial charge on any atom is -0.265 e. The Bertz CT molecular complexity index is 266. The summed E-state index contributed by atoms with van der Waals surface area (Å²) in [5.74, 6) is 0. The van der Waals surface area contributed by atoms with Crippen molar-refractivity contribution >= 4 is 16.3 Å². The van der Waals surface area contributed by atoms with Crippen LogP contribution in [0.25, 0.3) is 0 Å². The van der Waals surface area contributed by atoms with Crippen molar-refractivity contribution in [3.8, 4) is 0 Å². The van der Waals surface area contributed by atoms with E-state index in [1.165, 1.54) is 24.5 Å². The summed E-state index contributed by atoms with van der Waals surface area (Å²) in [6, 6.07) is 3.01. The van der Waals surface area contributed by atoms with Crippen LogP contribution in [0.3, 0.4) is 0 Å². The van der Waals surface area contributed by atoms with E-state index in [1.54, 1.807) is 0 Å². The van der Waals surface area contributed by atoms with Crippen molar-refractivity contribution < 1.29 is 9.32 Å². The van der Waals surface area contributed by atoms with E-state index >= 15 is 0 Å². The predicted molar refractivity (Wildman–Crippen MR) is 37.2 cm³/mol. The monoisotopic (exact) mass is 154 g/mol. The number of pyridine rings is 1. The fraction of sp³-hybridized carbons (Fsp3) is 0. The maximum atomic E-state index is 10.6. The van der Waals surface area contributed by atoms with Crippen molar-refractivity contribution in [3.63, 3.8) is 0 Å². The summed E-state index contributed by atoms with van der Waals surface area (Å²) in [6.45, 7) is 0. The van der Waals surface area contributed by atoms with E-state index in [1.807, 2.05) is 0 Å². The van der Waals surface area contributed by atoms with Crippen LogP contribution in [0.1, 0.15) is 5.56 Å². The normalized spacial score (nSPS) is 8.90. The highest BCUT2D eigenvalue weighted by Crippen LogP contribution is 1.94. The first-order valence-corrected chi connectivity index (χ1v) is 3.33. The number of hydrogen-bond donors (Lipinski definition) is 0. The second kappa shape index (κ2) is 3.24. The summed E-state index contributed by atoms with van der Waals surface area (Å²) >= 11 is -0.0388. The second-order valence-electron chi connectivity index (χ2n) is 1.61. The maximum Gasteiger partial charge on any atom is 0.213 e. The molecule has 0 bridgehead atoms. The Kier molecular flexibility index (Phi) is 2.30. The van der Waals surface area contributed by atoms with Gasteiger partial charge in [-0.25, -0.2) is 4.21 Å². The molecular weight excluding hydrogens is 150 g/mol. The van der Waals surface area contributed by atoms with E-state index in [0.717, 1.165) is 0 Å². The third-order valence-electron chi connectivity index (χ3n) is 0.992. The number of rotatable bonds is 1. The van der Waals surface area contributed by atoms with Gasteiger partial charge in [-0.15, -0.1) is 0 Å². The number of hydrogen-bond acceptors (Lipinski definition) is 2. The molecule has 1 aromatic rings. The first-order valence-electron chi connectivity index (χ1n) is 2.59. The molecule has 0 aromatic carbocycles. The van der Waals surface area contributed by atoms with Gasteiger partial charge in [-0.2, -0.15) is 5.11 Å². The second-order valence-corrected chi connectivity index (χ2v) is 2.14.